The number of furan rings is 1. The standard InChI is InChI=1S/C16H18ClNO4S2/c1-21-14-5-4-12(17)11-16(14)24(19,20)18-7-6-15(23-10-8-18)13-3-2-9-22-13/h2-5,9,11,15H,6-8,10H2,1H3. The molecule has 0 N–H and O–H groups in total. The minimum absolute atomic E-state index is 0.110. The van der Waals surface area contributed by atoms with Gasteiger partial charge >= 0.3 is 0 Å². The van der Waals surface area contributed by atoms with Crippen LogP contribution >= 0.6 is 23.4 Å². The van der Waals surface area contributed by atoms with Crippen molar-refractivity contribution in [1.29, 1.82) is 0 Å². The Morgan fingerprint density at radius 2 is 2.17 bits per heavy atom. The molecule has 0 radical (unpaired) electrons. The van der Waals surface area contributed by atoms with Crippen LogP contribution in [0.2, 0.25) is 5.02 Å². The number of halogens is 1. The molecule has 1 saturated heterocycles. The van der Waals surface area contributed by atoms with Crippen molar-refractivity contribution < 1.29 is 17.6 Å². The second-order valence-corrected chi connectivity index (χ2v) is 9.02. The fourth-order valence-electron chi connectivity index (χ4n) is 2.68. The first kappa shape index (κ1) is 17.7. The Hall–Kier alpha value is -1.15. The molecule has 0 amide bonds. The maximum Gasteiger partial charge on any atom is 0.246 e. The van der Waals surface area contributed by atoms with Crippen molar-refractivity contribution in [2.75, 3.05) is 26.0 Å². The van der Waals surface area contributed by atoms with Crippen LogP contribution in [0, 0.1) is 0 Å². The van der Waals surface area contributed by atoms with Gasteiger partial charge in [-0.1, -0.05) is 11.6 Å². The smallest absolute Gasteiger partial charge is 0.246 e. The molecule has 1 fully saturated rings. The van der Waals surface area contributed by atoms with Crippen LogP contribution in [-0.4, -0.2) is 38.7 Å². The summed E-state index contributed by atoms with van der Waals surface area (Å²) in [7, 11) is -2.21. The SMILES string of the molecule is COc1ccc(Cl)cc1S(=O)(=O)N1CCSC(c2ccco2)CC1. The fraction of sp³-hybridized carbons (Fsp3) is 0.375. The van der Waals surface area contributed by atoms with Crippen LogP contribution in [0.4, 0.5) is 0 Å². The van der Waals surface area contributed by atoms with Crippen molar-refractivity contribution in [2.45, 2.75) is 16.6 Å². The quantitative estimate of drug-likeness (QED) is 0.798. The van der Waals surface area contributed by atoms with E-state index in [1.54, 1.807) is 30.2 Å². The highest BCUT2D eigenvalue weighted by atomic mass is 35.5. The van der Waals surface area contributed by atoms with E-state index in [1.165, 1.54) is 17.5 Å². The first-order chi connectivity index (χ1) is 11.5. The third-order valence-electron chi connectivity index (χ3n) is 3.90. The molecular weight excluding hydrogens is 370 g/mol. The fourth-order valence-corrected chi connectivity index (χ4v) is 5.85. The first-order valence-electron chi connectivity index (χ1n) is 7.51. The molecule has 1 aromatic carbocycles. The van der Waals surface area contributed by atoms with Crippen molar-refractivity contribution in [3.63, 3.8) is 0 Å². The molecule has 1 aliphatic heterocycles. The van der Waals surface area contributed by atoms with Crippen molar-refractivity contribution in [3.05, 3.63) is 47.4 Å². The monoisotopic (exact) mass is 387 g/mol. The number of rotatable bonds is 4. The van der Waals surface area contributed by atoms with Crippen LogP contribution in [0.5, 0.6) is 5.75 Å². The van der Waals surface area contributed by atoms with Crippen LogP contribution in [0.3, 0.4) is 0 Å². The summed E-state index contributed by atoms with van der Waals surface area (Å²) in [4.78, 5) is 0.110. The summed E-state index contributed by atoms with van der Waals surface area (Å²) in [5, 5.41) is 0.536. The highest BCUT2D eigenvalue weighted by Gasteiger charge is 2.31. The Labute approximate surface area is 151 Å². The molecule has 2 aromatic rings. The van der Waals surface area contributed by atoms with Gasteiger partial charge in [0.05, 0.1) is 18.6 Å². The normalized spacial score (nSPS) is 19.8. The minimum atomic E-state index is -3.66. The van der Waals surface area contributed by atoms with Gasteiger partial charge in [-0.2, -0.15) is 4.31 Å². The summed E-state index contributed by atoms with van der Waals surface area (Å²) in [5.74, 6) is 1.89. The molecular formula is C16H18ClNO4S2. The molecule has 0 aliphatic carbocycles. The summed E-state index contributed by atoms with van der Waals surface area (Å²) >= 11 is 7.70. The Kier molecular flexibility index (Phi) is 5.44. The minimum Gasteiger partial charge on any atom is -0.495 e. The highest BCUT2D eigenvalue weighted by molar-refractivity contribution is 7.99. The third-order valence-corrected chi connectivity index (χ3v) is 7.35. The second-order valence-electron chi connectivity index (χ2n) is 5.36. The zero-order valence-electron chi connectivity index (χ0n) is 13.1. The molecule has 0 spiro atoms. The van der Waals surface area contributed by atoms with E-state index in [0.717, 1.165) is 5.76 Å². The Balaban J connectivity index is 1.84. The molecule has 0 bridgehead atoms. The zero-order chi connectivity index (χ0) is 17.2. The average Bonchev–Trinajstić information content (AvgIpc) is 2.98. The molecule has 2 heterocycles. The Morgan fingerprint density at radius 1 is 1.33 bits per heavy atom. The molecule has 3 rings (SSSR count). The molecule has 1 atom stereocenters. The molecule has 1 unspecified atom stereocenters. The number of hydrogen-bond donors (Lipinski definition) is 0. The zero-order valence-corrected chi connectivity index (χ0v) is 15.5. The van der Waals surface area contributed by atoms with Crippen molar-refractivity contribution in [3.8, 4) is 5.75 Å². The van der Waals surface area contributed by atoms with Crippen LogP contribution in [0.15, 0.2) is 45.9 Å². The lowest BCUT2D eigenvalue weighted by atomic mass is 10.2. The van der Waals surface area contributed by atoms with Gasteiger partial charge in [0.1, 0.15) is 16.4 Å². The van der Waals surface area contributed by atoms with Gasteiger partial charge in [-0.05, 0) is 36.8 Å². The van der Waals surface area contributed by atoms with Crippen LogP contribution in [0.1, 0.15) is 17.4 Å². The Bertz CT molecular complexity index is 792. The van der Waals surface area contributed by atoms with Gasteiger partial charge in [0.2, 0.25) is 10.0 Å². The second kappa shape index (κ2) is 7.39. The first-order valence-corrected chi connectivity index (χ1v) is 10.4. The molecule has 5 nitrogen and oxygen atoms in total. The van der Waals surface area contributed by atoms with Crippen molar-refractivity contribution in [1.82, 2.24) is 4.31 Å². The number of ether oxygens (including phenoxy) is 1. The number of nitrogens with zero attached hydrogens (tertiary/aromatic N) is 1. The molecule has 8 heteroatoms. The molecule has 24 heavy (non-hydrogen) atoms. The summed E-state index contributed by atoms with van der Waals surface area (Å²) in [5.41, 5.74) is 0. The molecule has 0 saturated carbocycles. The summed E-state index contributed by atoms with van der Waals surface area (Å²) in [6.45, 7) is 0.871. The van der Waals surface area contributed by atoms with Gasteiger partial charge in [-0.3, -0.25) is 0 Å². The van der Waals surface area contributed by atoms with Gasteiger partial charge in [0, 0.05) is 23.9 Å². The largest absolute Gasteiger partial charge is 0.495 e. The van der Waals surface area contributed by atoms with Gasteiger partial charge in [-0.15, -0.1) is 11.8 Å². The number of sulfonamides is 1. The van der Waals surface area contributed by atoms with Crippen molar-refractivity contribution in [2.24, 2.45) is 0 Å². The molecule has 1 aromatic heterocycles. The Morgan fingerprint density at radius 3 is 2.88 bits per heavy atom. The van der Waals surface area contributed by atoms with Crippen LogP contribution in [0.25, 0.3) is 0 Å². The van der Waals surface area contributed by atoms with Crippen LogP contribution in [-0.2, 0) is 10.0 Å². The van der Waals surface area contributed by atoms with E-state index < -0.39 is 10.0 Å². The van der Waals surface area contributed by atoms with E-state index in [4.69, 9.17) is 20.8 Å². The summed E-state index contributed by atoms with van der Waals surface area (Å²) in [6, 6.07) is 8.42. The van der Waals surface area contributed by atoms with E-state index in [-0.39, 0.29) is 10.1 Å². The summed E-state index contributed by atoms with van der Waals surface area (Å²) in [6.07, 6.45) is 2.34. The lowest BCUT2D eigenvalue weighted by molar-refractivity contribution is 0.391. The van der Waals surface area contributed by atoms with E-state index in [1.807, 2.05) is 12.1 Å². The number of hydrogen-bond acceptors (Lipinski definition) is 5. The molecule has 130 valence electrons. The number of methoxy groups -OCH3 is 1. The lowest BCUT2D eigenvalue weighted by Gasteiger charge is -2.21. The highest BCUT2D eigenvalue weighted by Crippen LogP contribution is 2.37. The van der Waals surface area contributed by atoms with E-state index in [9.17, 15) is 8.42 Å². The van der Waals surface area contributed by atoms with Gasteiger partial charge in [0.15, 0.2) is 0 Å². The average molecular weight is 388 g/mol. The van der Waals surface area contributed by atoms with Gasteiger partial charge in [0.25, 0.3) is 0 Å². The maximum absolute atomic E-state index is 13.0. The predicted molar refractivity (Wildman–Crippen MR) is 95.3 cm³/mol. The van der Waals surface area contributed by atoms with Crippen molar-refractivity contribution >= 4 is 33.4 Å². The number of benzene rings is 1. The lowest BCUT2D eigenvalue weighted by Crippen LogP contribution is -2.33. The topological polar surface area (TPSA) is 59.8 Å². The van der Waals surface area contributed by atoms with E-state index in [0.29, 0.717) is 36.0 Å². The van der Waals surface area contributed by atoms with E-state index in [2.05, 4.69) is 0 Å². The van der Waals surface area contributed by atoms with Crippen LogP contribution < -0.4 is 4.74 Å². The predicted octanol–water partition coefficient (Wildman–Crippen LogP) is 3.81. The van der Waals surface area contributed by atoms with Gasteiger partial charge < -0.3 is 9.15 Å². The third kappa shape index (κ3) is 3.59. The van der Waals surface area contributed by atoms with Gasteiger partial charge in [-0.25, -0.2) is 8.42 Å². The van der Waals surface area contributed by atoms with E-state index >= 15 is 0 Å². The maximum atomic E-state index is 13.0. The number of thioether (sulfide) groups is 1. The molecule has 1 aliphatic rings. The summed E-state index contributed by atoms with van der Waals surface area (Å²) < 4.78 is 38.2.